The Kier molecular flexibility index (Phi) is 4.25. The normalized spacial score (nSPS) is 22.9. The SMILES string of the molecule is C[C@@H](OC[C@H]1CCCCN1)c1cnccn1. The standard InChI is InChI=1S/C12H19N3O/c1-10(12-8-13-6-7-15-12)16-9-11-4-2-3-5-14-11/h6-8,10-11,14H,2-5,9H2,1H3/t10-,11-/m1/s1. The van der Waals surface area contributed by atoms with Crippen molar-refractivity contribution in [2.45, 2.75) is 38.3 Å². The highest BCUT2D eigenvalue weighted by atomic mass is 16.5. The van der Waals surface area contributed by atoms with Crippen molar-refractivity contribution in [1.82, 2.24) is 15.3 Å². The van der Waals surface area contributed by atoms with E-state index in [1.54, 1.807) is 18.6 Å². The Morgan fingerprint density at radius 3 is 3.12 bits per heavy atom. The minimum atomic E-state index is 0.0254. The molecule has 1 aliphatic heterocycles. The first-order valence-electron chi connectivity index (χ1n) is 5.97. The van der Waals surface area contributed by atoms with E-state index in [1.165, 1.54) is 19.3 Å². The molecule has 0 spiro atoms. The molecule has 0 amide bonds. The molecule has 4 heteroatoms. The van der Waals surface area contributed by atoms with Crippen molar-refractivity contribution < 1.29 is 4.74 Å². The van der Waals surface area contributed by atoms with E-state index in [1.807, 2.05) is 6.92 Å². The zero-order valence-electron chi connectivity index (χ0n) is 9.72. The molecule has 0 aliphatic carbocycles. The molecule has 1 aliphatic rings. The summed E-state index contributed by atoms with van der Waals surface area (Å²) in [6.07, 6.45) is 8.98. The predicted octanol–water partition coefficient (Wildman–Crippen LogP) is 1.70. The average molecular weight is 221 g/mol. The van der Waals surface area contributed by atoms with Crippen molar-refractivity contribution in [3.05, 3.63) is 24.3 Å². The van der Waals surface area contributed by atoms with E-state index in [2.05, 4.69) is 15.3 Å². The molecule has 2 rings (SSSR count). The van der Waals surface area contributed by atoms with Gasteiger partial charge in [-0.25, -0.2) is 0 Å². The van der Waals surface area contributed by atoms with Crippen molar-refractivity contribution in [2.24, 2.45) is 0 Å². The lowest BCUT2D eigenvalue weighted by atomic mass is 10.1. The van der Waals surface area contributed by atoms with Crippen LogP contribution in [-0.2, 0) is 4.74 Å². The summed E-state index contributed by atoms with van der Waals surface area (Å²) >= 11 is 0. The van der Waals surface area contributed by atoms with E-state index >= 15 is 0 Å². The molecular formula is C12H19N3O. The Morgan fingerprint density at radius 1 is 1.50 bits per heavy atom. The minimum absolute atomic E-state index is 0.0254. The maximum absolute atomic E-state index is 5.80. The Balaban J connectivity index is 1.77. The van der Waals surface area contributed by atoms with Gasteiger partial charge in [0.1, 0.15) is 0 Å². The predicted molar refractivity (Wildman–Crippen MR) is 62.0 cm³/mol. The highest BCUT2D eigenvalue weighted by Gasteiger charge is 2.15. The lowest BCUT2D eigenvalue weighted by Crippen LogP contribution is -2.37. The summed E-state index contributed by atoms with van der Waals surface area (Å²) < 4.78 is 5.80. The molecule has 88 valence electrons. The van der Waals surface area contributed by atoms with E-state index < -0.39 is 0 Å². The second-order valence-corrected chi connectivity index (χ2v) is 4.25. The van der Waals surface area contributed by atoms with Crippen LogP contribution < -0.4 is 5.32 Å². The molecule has 16 heavy (non-hydrogen) atoms. The van der Waals surface area contributed by atoms with Crippen LogP contribution in [0, 0.1) is 0 Å². The number of rotatable bonds is 4. The summed E-state index contributed by atoms with van der Waals surface area (Å²) in [6.45, 7) is 3.90. The number of hydrogen-bond acceptors (Lipinski definition) is 4. The first-order chi connectivity index (χ1) is 7.86. The van der Waals surface area contributed by atoms with Crippen molar-refractivity contribution in [3.63, 3.8) is 0 Å². The quantitative estimate of drug-likeness (QED) is 0.840. The monoisotopic (exact) mass is 221 g/mol. The fraction of sp³-hybridized carbons (Fsp3) is 0.667. The molecule has 4 nitrogen and oxygen atoms in total. The molecule has 2 heterocycles. The van der Waals surface area contributed by atoms with Crippen molar-refractivity contribution >= 4 is 0 Å². The van der Waals surface area contributed by atoms with Gasteiger partial charge in [-0.2, -0.15) is 0 Å². The lowest BCUT2D eigenvalue weighted by molar-refractivity contribution is 0.0414. The molecule has 0 radical (unpaired) electrons. The third-order valence-corrected chi connectivity index (χ3v) is 2.96. The van der Waals surface area contributed by atoms with E-state index in [0.29, 0.717) is 6.04 Å². The van der Waals surface area contributed by atoms with Crippen molar-refractivity contribution in [1.29, 1.82) is 0 Å². The number of hydrogen-bond donors (Lipinski definition) is 1. The summed E-state index contributed by atoms with van der Waals surface area (Å²) in [5, 5.41) is 3.46. The third-order valence-electron chi connectivity index (χ3n) is 2.96. The summed E-state index contributed by atoms with van der Waals surface area (Å²) in [5.74, 6) is 0. The van der Waals surface area contributed by atoms with Crippen LogP contribution in [-0.4, -0.2) is 29.2 Å². The average Bonchev–Trinajstić information content (AvgIpc) is 2.38. The van der Waals surface area contributed by atoms with E-state index in [0.717, 1.165) is 18.8 Å². The summed E-state index contributed by atoms with van der Waals surface area (Å²) in [7, 11) is 0. The number of nitrogens with one attached hydrogen (secondary N) is 1. The van der Waals surface area contributed by atoms with Gasteiger partial charge in [-0.15, -0.1) is 0 Å². The van der Waals surface area contributed by atoms with Crippen molar-refractivity contribution in [2.75, 3.05) is 13.2 Å². The fourth-order valence-corrected chi connectivity index (χ4v) is 1.93. The summed E-state index contributed by atoms with van der Waals surface area (Å²) in [6, 6.07) is 0.507. The molecule has 1 aromatic rings. The molecule has 1 N–H and O–H groups in total. The zero-order valence-corrected chi connectivity index (χ0v) is 9.72. The molecule has 0 unspecified atom stereocenters. The van der Waals surface area contributed by atoms with Crippen LogP contribution in [0.5, 0.6) is 0 Å². The Morgan fingerprint density at radius 2 is 2.44 bits per heavy atom. The van der Waals surface area contributed by atoms with Crippen LogP contribution >= 0.6 is 0 Å². The minimum Gasteiger partial charge on any atom is -0.371 e. The molecular weight excluding hydrogens is 202 g/mol. The molecule has 1 fully saturated rings. The Bertz CT molecular complexity index is 298. The van der Waals surface area contributed by atoms with Crippen LogP contribution in [0.1, 0.15) is 38.0 Å². The largest absolute Gasteiger partial charge is 0.371 e. The van der Waals surface area contributed by atoms with Gasteiger partial charge in [0.25, 0.3) is 0 Å². The second-order valence-electron chi connectivity index (χ2n) is 4.25. The fourth-order valence-electron chi connectivity index (χ4n) is 1.93. The summed E-state index contributed by atoms with van der Waals surface area (Å²) in [5.41, 5.74) is 0.901. The van der Waals surface area contributed by atoms with Gasteiger partial charge in [0.2, 0.25) is 0 Å². The van der Waals surface area contributed by atoms with E-state index in [4.69, 9.17) is 4.74 Å². The van der Waals surface area contributed by atoms with E-state index in [-0.39, 0.29) is 6.10 Å². The number of aromatic nitrogens is 2. The molecule has 1 aromatic heterocycles. The van der Waals surface area contributed by atoms with Crippen LogP contribution in [0.25, 0.3) is 0 Å². The Labute approximate surface area is 96.4 Å². The molecule has 0 bridgehead atoms. The zero-order chi connectivity index (χ0) is 11.2. The molecule has 0 saturated carbocycles. The smallest absolute Gasteiger partial charge is 0.0982 e. The van der Waals surface area contributed by atoms with Crippen LogP contribution in [0.2, 0.25) is 0 Å². The maximum Gasteiger partial charge on any atom is 0.0982 e. The van der Waals surface area contributed by atoms with E-state index in [9.17, 15) is 0 Å². The molecule has 0 aromatic carbocycles. The highest BCUT2D eigenvalue weighted by molar-refractivity contribution is 4.98. The maximum atomic E-state index is 5.80. The first kappa shape index (κ1) is 11.5. The van der Waals surface area contributed by atoms with Gasteiger partial charge in [-0.05, 0) is 26.3 Å². The number of piperidine rings is 1. The van der Waals surface area contributed by atoms with Gasteiger partial charge in [0, 0.05) is 18.4 Å². The first-order valence-corrected chi connectivity index (χ1v) is 5.97. The Hall–Kier alpha value is -1.00. The molecule has 1 saturated heterocycles. The number of ether oxygens (including phenoxy) is 1. The topological polar surface area (TPSA) is 47.0 Å². The highest BCUT2D eigenvalue weighted by Crippen LogP contribution is 2.15. The van der Waals surface area contributed by atoms with Crippen LogP contribution in [0.3, 0.4) is 0 Å². The van der Waals surface area contributed by atoms with Crippen LogP contribution in [0.15, 0.2) is 18.6 Å². The second kappa shape index (κ2) is 5.92. The van der Waals surface area contributed by atoms with Gasteiger partial charge in [0.15, 0.2) is 0 Å². The third kappa shape index (κ3) is 3.25. The van der Waals surface area contributed by atoms with Gasteiger partial charge >= 0.3 is 0 Å². The lowest BCUT2D eigenvalue weighted by Gasteiger charge is -2.24. The van der Waals surface area contributed by atoms with Crippen molar-refractivity contribution in [3.8, 4) is 0 Å². The molecule has 2 atom stereocenters. The van der Waals surface area contributed by atoms with Gasteiger partial charge in [0.05, 0.1) is 24.6 Å². The number of nitrogens with zero attached hydrogens (tertiary/aromatic N) is 2. The van der Waals surface area contributed by atoms with Gasteiger partial charge in [-0.1, -0.05) is 6.42 Å². The summed E-state index contributed by atoms with van der Waals surface area (Å²) in [4.78, 5) is 8.28. The van der Waals surface area contributed by atoms with Crippen LogP contribution in [0.4, 0.5) is 0 Å². The van der Waals surface area contributed by atoms with Gasteiger partial charge < -0.3 is 10.1 Å². The van der Waals surface area contributed by atoms with Gasteiger partial charge in [-0.3, -0.25) is 9.97 Å².